The van der Waals surface area contributed by atoms with Gasteiger partial charge in [-0.25, -0.2) is 4.98 Å². The molecule has 0 spiro atoms. The van der Waals surface area contributed by atoms with E-state index in [1.165, 1.54) is 5.57 Å². The van der Waals surface area contributed by atoms with Crippen LogP contribution in [0.15, 0.2) is 42.5 Å². The number of hydrogen-bond donors (Lipinski definition) is 1. The molecule has 1 aromatic carbocycles. The quantitative estimate of drug-likeness (QED) is 0.610. The van der Waals surface area contributed by atoms with E-state index >= 15 is 0 Å². The van der Waals surface area contributed by atoms with Crippen LogP contribution < -0.4 is 5.32 Å². The molecule has 6 heteroatoms. The molecule has 3 nitrogen and oxygen atoms in total. The standard InChI is InChI=1S/C18H22ClN3.2ClH/c1-13(2)11-17(22-9-7-20-8-10-22)15-12-14-5-3-4-6-16(14)21-18(15)19;;/h3-6,12,17,20H,1,7-11H2,2H3;2*1H/t17-;;/m0../s1. The highest BCUT2D eigenvalue weighted by molar-refractivity contribution is 6.30. The van der Waals surface area contributed by atoms with Gasteiger partial charge in [0, 0.05) is 43.2 Å². The fraction of sp³-hybridized carbons (Fsp3) is 0.389. The minimum Gasteiger partial charge on any atom is -0.314 e. The summed E-state index contributed by atoms with van der Waals surface area (Å²) in [4.78, 5) is 7.08. The van der Waals surface area contributed by atoms with Gasteiger partial charge in [0.25, 0.3) is 0 Å². The first-order valence-electron chi connectivity index (χ1n) is 7.79. The van der Waals surface area contributed by atoms with Gasteiger partial charge in [0.1, 0.15) is 5.15 Å². The second-order valence-corrected chi connectivity index (χ2v) is 6.38. The van der Waals surface area contributed by atoms with E-state index in [9.17, 15) is 0 Å². The number of hydrogen-bond acceptors (Lipinski definition) is 3. The largest absolute Gasteiger partial charge is 0.314 e. The van der Waals surface area contributed by atoms with E-state index in [1.54, 1.807) is 0 Å². The minimum absolute atomic E-state index is 0. The second-order valence-electron chi connectivity index (χ2n) is 6.02. The highest BCUT2D eigenvalue weighted by atomic mass is 35.5. The maximum absolute atomic E-state index is 6.52. The van der Waals surface area contributed by atoms with Crippen molar-refractivity contribution in [2.75, 3.05) is 26.2 Å². The summed E-state index contributed by atoms with van der Waals surface area (Å²) >= 11 is 6.52. The Morgan fingerprint density at radius 2 is 1.96 bits per heavy atom. The average Bonchev–Trinajstić information content (AvgIpc) is 2.53. The van der Waals surface area contributed by atoms with Gasteiger partial charge in [-0.2, -0.15) is 0 Å². The van der Waals surface area contributed by atoms with E-state index in [-0.39, 0.29) is 30.9 Å². The smallest absolute Gasteiger partial charge is 0.134 e. The molecule has 132 valence electrons. The van der Waals surface area contributed by atoms with Gasteiger partial charge < -0.3 is 5.32 Å². The van der Waals surface area contributed by atoms with Crippen LogP contribution in [0.1, 0.15) is 24.9 Å². The van der Waals surface area contributed by atoms with Crippen molar-refractivity contribution in [3.63, 3.8) is 0 Å². The Labute approximate surface area is 161 Å². The van der Waals surface area contributed by atoms with Crippen molar-refractivity contribution < 1.29 is 0 Å². The molecule has 24 heavy (non-hydrogen) atoms. The van der Waals surface area contributed by atoms with E-state index < -0.39 is 0 Å². The van der Waals surface area contributed by atoms with Crippen molar-refractivity contribution in [3.8, 4) is 0 Å². The number of piperazine rings is 1. The van der Waals surface area contributed by atoms with Crippen molar-refractivity contribution in [2.24, 2.45) is 0 Å². The summed E-state index contributed by atoms with van der Waals surface area (Å²) in [7, 11) is 0. The molecule has 1 aliphatic heterocycles. The Kier molecular flexibility index (Phi) is 8.48. The number of aromatic nitrogens is 1. The zero-order chi connectivity index (χ0) is 15.5. The van der Waals surface area contributed by atoms with E-state index in [1.807, 2.05) is 18.2 Å². The molecule has 2 aromatic rings. The number of rotatable bonds is 4. The fourth-order valence-electron chi connectivity index (χ4n) is 3.10. The number of nitrogens with zero attached hydrogens (tertiary/aromatic N) is 2. The fourth-order valence-corrected chi connectivity index (χ4v) is 3.37. The first kappa shape index (κ1) is 21.2. The number of para-hydroxylation sites is 1. The number of halogens is 3. The van der Waals surface area contributed by atoms with Gasteiger partial charge in [-0.05, 0) is 25.5 Å². The van der Waals surface area contributed by atoms with Gasteiger partial charge in [-0.15, -0.1) is 31.4 Å². The molecular weight excluding hydrogens is 365 g/mol. The van der Waals surface area contributed by atoms with Crippen LogP contribution in [0, 0.1) is 0 Å². The van der Waals surface area contributed by atoms with Crippen molar-refractivity contribution in [3.05, 3.63) is 53.2 Å². The number of benzene rings is 1. The first-order valence-corrected chi connectivity index (χ1v) is 8.17. The molecule has 3 rings (SSSR count). The Hall–Kier alpha value is -0.840. The van der Waals surface area contributed by atoms with E-state index in [4.69, 9.17) is 11.6 Å². The van der Waals surface area contributed by atoms with Crippen LogP contribution in [0.5, 0.6) is 0 Å². The van der Waals surface area contributed by atoms with E-state index in [2.05, 4.69) is 40.8 Å². The molecule has 1 N–H and O–H groups in total. The zero-order valence-electron chi connectivity index (χ0n) is 13.8. The molecule has 0 aliphatic carbocycles. The highest BCUT2D eigenvalue weighted by Gasteiger charge is 2.25. The summed E-state index contributed by atoms with van der Waals surface area (Å²) in [5.74, 6) is 0. The third-order valence-electron chi connectivity index (χ3n) is 4.20. The lowest BCUT2D eigenvalue weighted by Crippen LogP contribution is -2.45. The van der Waals surface area contributed by atoms with E-state index in [0.717, 1.165) is 49.1 Å². The molecular formula is C18H24Cl3N3. The van der Waals surface area contributed by atoms with E-state index in [0.29, 0.717) is 5.15 Å². The van der Waals surface area contributed by atoms with Crippen molar-refractivity contribution in [1.82, 2.24) is 15.2 Å². The number of pyridine rings is 1. The predicted octanol–water partition coefficient (Wildman–Crippen LogP) is 4.64. The van der Waals surface area contributed by atoms with Crippen molar-refractivity contribution in [2.45, 2.75) is 19.4 Å². The van der Waals surface area contributed by atoms with Crippen LogP contribution in [0.2, 0.25) is 5.15 Å². The third-order valence-corrected chi connectivity index (χ3v) is 4.50. The summed E-state index contributed by atoms with van der Waals surface area (Å²) in [6.45, 7) is 10.3. The summed E-state index contributed by atoms with van der Waals surface area (Å²) in [5, 5.41) is 5.16. The Balaban J connectivity index is 0.00000144. The lowest BCUT2D eigenvalue weighted by molar-refractivity contribution is 0.172. The average molecular weight is 389 g/mol. The van der Waals surface area contributed by atoms with Crippen LogP contribution in [0.4, 0.5) is 0 Å². The van der Waals surface area contributed by atoms with Gasteiger partial charge in [-0.1, -0.05) is 35.4 Å². The zero-order valence-corrected chi connectivity index (χ0v) is 16.2. The molecule has 1 saturated heterocycles. The van der Waals surface area contributed by atoms with Crippen LogP contribution in [-0.2, 0) is 0 Å². The maximum atomic E-state index is 6.52. The minimum atomic E-state index is 0. The molecule has 2 heterocycles. The van der Waals surface area contributed by atoms with Gasteiger partial charge in [0.2, 0.25) is 0 Å². The number of nitrogens with one attached hydrogen (secondary N) is 1. The normalized spacial score (nSPS) is 16.1. The maximum Gasteiger partial charge on any atom is 0.134 e. The molecule has 0 radical (unpaired) electrons. The molecule has 1 aliphatic rings. The highest BCUT2D eigenvalue weighted by Crippen LogP contribution is 2.33. The second kappa shape index (κ2) is 9.59. The molecule has 1 aromatic heterocycles. The van der Waals surface area contributed by atoms with Crippen molar-refractivity contribution in [1.29, 1.82) is 0 Å². The molecule has 0 unspecified atom stereocenters. The topological polar surface area (TPSA) is 28.2 Å². The van der Waals surface area contributed by atoms with Crippen LogP contribution in [-0.4, -0.2) is 36.1 Å². The lowest BCUT2D eigenvalue weighted by Gasteiger charge is -2.35. The molecule has 0 amide bonds. The van der Waals surface area contributed by atoms with Crippen LogP contribution in [0.25, 0.3) is 10.9 Å². The molecule has 1 atom stereocenters. The summed E-state index contributed by atoms with van der Waals surface area (Å²) in [6.07, 6.45) is 0.916. The molecule has 0 bridgehead atoms. The van der Waals surface area contributed by atoms with Gasteiger partial charge in [0.15, 0.2) is 0 Å². The Morgan fingerprint density at radius 3 is 2.62 bits per heavy atom. The van der Waals surface area contributed by atoms with Gasteiger partial charge in [-0.3, -0.25) is 4.90 Å². The summed E-state index contributed by atoms with van der Waals surface area (Å²) < 4.78 is 0. The van der Waals surface area contributed by atoms with Gasteiger partial charge >= 0.3 is 0 Å². The third kappa shape index (κ3) is 4.84. The SMILES string of the molecule is C=C(C)C[C@@H](c1cc2ccccc2nc1Cl)N1CCNCC1.Cl.Cl. The van der Waals surface area contributed by atoms with Crippen molar-refractivity contribution >= 4 is 47.3 Å². The van der Waals surface area contributed by atoms with Gasteiger partial charge in [0.05, 0.1) is 5.52 Å². The monoisotopic (exact) mass is 387 g/mol. The number of fused-ring (bicyclic) bond motifs is 1. The Bertz CT molecular complexity index is 684. The first-order chi connectivity index (χ1) is 10.6. The lowest BCUT2D eigenvalue weighted by atomic mass is 9.98. The molecule has 0 saturated carbocycles. The van der Waals surface area contributed by atoms with Crippen LogP contribution >= 0.6 is 36.4 Å². The Morgan fingerprint density at radius 1 is 1.29 bits per heavy atom. The summed E-state index contributed by atoms with van der Waals surface area (Å²) in [6, 6.07) is 10.6. The molecule has 1 fully saturated rings. The van der Waals surface area contributed by atoms with Crippen LogP contribution in [0.3, 0.4) is 0 Å². The summed E-state index contributed by atoms with van der Waals surface area (Å²) in [5.41, 5.74) is 3.24. The predicted molar refractivity (Wildman–Crippen MR) is 108 cm³/mol.